The Morgan fingerprint density at radius 1 is 0.958 bits per heavy atom. The van der Waals surface area contributed by atoms with Crippen molar-refractivity contribution in [2.75, 3.05) is 31.1 Å². The van der Waals surface area contributed by atoms with Gasteiger partial charge in [0.1, 0.15) is 0 Å². The quantitative estimate of drug-likeness (QED) is 0.743. The minimum atomic E-state index is 0.844. The molecule has 0 saturated carbocycles. The Balaban J connectivity index is 1.39. The predicted molar refractivity (Wildman–Crippen MR) is 96.0 cm³/mol. The highest BCUT2D eigenvalue weighted by molar-refractivity contribution is 5.78. The van der Waals surface area contributed by atoms with Gasteiger partial charge in [0.05, 0.1) is 5.52 Å². The minimum Gasteiger partial charge on any atom is -0.338 e. The zero-order chi connectivity index (χ0) is 16.4. The minimum absolute atomic E-state index is 0.844. The highest BCUT2D eigenvalue weighted by Crippen LogP contribution is 2.17. The first kappa shape index (κ1) is 15.0. The fourth-order valence-corrected chi connectivity index (χ4v) is 3.14. The van der Waals surface area contributed by atoms with Gasteiger partial charge in [0.15, 0.2) is 0 Å². The lowest BCUT2D eigenvalue weighted by Gasteiger charge is -2.34. The van der Waals surface area contributed by atoms with Gasteiger partial charge >= 0.3 is 0 Å². The monoisotopic (exact) mass is 319 g/mol. The van der Waals surface area contributed by atoms with Crippen molar-refractivity contribution in [3.05, 3.63) is 60.0 Å². The van der Waals surface area contributed by atoms with Crippen molar-refractivity contribution in [2.24, 2.45) is 0 Å². The number of piperazine rings is 1. The highest BCUT2D eigenvalue weighted by atomic mass is 15.3. The average Bonchev–Trinajstić information content (AvgIpc) is 2.63. The molecular weight excluding hydrogens is 298 g/mol. The number of hydrogen-bond donors (Lipinski definition) is 0. The Bertz CT molecular complexity index is 823. The van der Waals surface area contributed by atoms with E-state index in [2.05, 4.69) is 49.0 Å². The number of aryl methyl sites for hydroxylation is 1. The molecule has 0 spiro atoms. The molecule has 5 heteroatoms. The van der Waals surface area contributed by atoms with Crippen molar-refractivity contribution in [3.63, 3.8) is 0 Å². The summed E-state index contributed by atoms with van der Waals surface area (Å²) < 4.78 is 0. The lowest BCUT2D eigenvalue weighted by atomic mass is 10.1. The maximum absolute atomic E-state index is 4.43. The second-order valence-electron chi connectivity index (χ2n) is 6.35. The molecule has 24 heavy (non-hydrogen) atoms. The van der Waals surface area contributed by atoms with Crippen LogP contribution in [-0.4, -0.2) is 46.0 Å². The van der Waals surface area contributed by atoms with Crippen molar-refractivity contribution in [2.45, 2.75) is 13.5 Å². The molecule has 1 saturated heterocycles. The molecular formula is C19H21N5. The molecule has 1 aliphatic rings. The normalized spacial score (nSPS) is 15.8. The van der Waals surface area contributed by atoms with Gasteiger partial charge < -0.3 is 4.90 Å². The molecule has 1 fully saturated rings. The van der Waals surface area contributed by atoms with E-state index in [4.69, 9.17) is 0 Å². The van der Waals surface area contributed by atoms with E-state index in [1.54, 1.807) is 0 Å². The number of hydrogen-bond acceptors (Lipinski definition) is 5. The van der Waals surface area contributed by atoms with Gasteiger partial charge in [-0.2, -0.15) is 0 Å². The number of benzene rings is 1. The van der Waals surface area contributed by atoms with Gasteiger partial charge in [0.2, 0.25) is 5.95 Å². The van der Waals surface area contributed by atoms with Gasteiger partial charge in [0, 0.05) is 56.7 Å². The van der Waals surface area contributed by atoms with Crippen LogP contribution in [0.1, 0.15) is 11.1 Å². The van der Waals surface area contributed by atoms with Gasteiger partial charge in [-0.25, -0.2) is 9.97 Å². The van der Waals surface area contributed by atoms with Crippen molar-refractivity contribution in [1.29, 1.82) is 0 Å². The van der Waals surface area contributed by atoms with Crippen LogP contribution in [0.5, 0.6) is 0 Å². The van der Waals surface area contributed by atoms with Gasteiger partial charge in [0.25, 0.3) is 0 Å². The lowest BCUT2D eigenvalue weighted by molar-refractivity contribution is 0.249. The van der Waals surface area contributed by atoms with E-state index in [9.17, 15) is 0 Å². The summed E-state index contributed by atoms with van der Waals surface area (Å²) in [5.74, 6) is 0.844. The third kappa shape index (κ3) is 3.21. The summed E-state index contributed by atoms with van der Waals surface area (Å²) in [5, 5.41) is 1.21. The smallest absolute Gasteiger partial charge is 0.225 e. The topological polar surface area (TPSA) is 45.2 Å². The Kier molecular flexibility index (Phi) is 4.09. The molecule has 0 N–H and O–H groups in total. The second kappa shape index (κ2) is 6.53. The van der Waals surface area contributed by atoms with Crippen molar-refractivity contribution < 1.29 is 0 Å². The number of rotatable bonds is 3. The maximum atomic E-state index is 4.43. The summed E-state index contributed by atoms with van der Waals surface area (Å²) in [5.41, 5.74) is 3.50. The van der Waals surface area contributed by atoms with Crippen LogP contribution in [0.15, 0.2) is 48.9 Å². The molecule has 1 aromatic carbocycles. The van der Waals surface area contributed by atoms with Crippen LogP contribution in [0.2, 0.25) is 0 Å². The number of fused-ring (bicyclic) bond motifs is 1. The van der Waals surface area contributed by atoms with E-state index < -0.39 is 0 Å². The fraction of sp³-hybridized carbons (Fsp3) is 0.316. The summed E-state index contributed by atoms with van der Waals surface area (Å²) in [7, 11) is 0. The van der Waals surface area contributed by atoms with Crippen LogP contribution in [-0.2, 0) is 6.54 Å². The van der Waals surface area contributed by atoms with Gasteiger partial charge in [-0.05, 0) is 36.2 Å². The first-order valence-corrected chi connectivity index (χ1v) is 8.37. The summed E-state index contributed by atoms with van der Waals surface area (Å²) >= 11 is 0. The molecule has 0 bridgehead atoms. The molecule has 0 aliphatic carbocycles. The standard InChI is InChI=1S/C19H21N5/c1-15-12-21-19(22-13-15)24-9-7-23(8-10-24)14-16-4-5-18-17(11-16)3-2-6-20-18/h2-6,11-13H,7-10,14H2,1H3. The van der Waals surface area contributed by atoms with Crippen molar-refractivity contribution in [3.8, 4) is 0 Å². The number of nitrogens with zero attached hydrogens (tertiary/aromatic N) is 5. The molecule has 0 unspecified atom stereocenters. The Morgan fingerprint density at radius 2 is 1.75 bits per heavy atom. The van der Waals surface area contributed by atoms with Gasteiger partial charge in [-0.3, -0.25) is 9.88 Å². The summed E-state index contributed by atoms with van der Waals surface area (Å²) in [6.45, 7) is 7.00. The molecule has 0 radical (unpaired) electrons. The zero-order valence-corrected chi connectivity index (χ0v) is 13.9. The Hall–Kier alpha value is -2.53. The average molecular weight is 319 g/mol. The van der Waals surface area contributed by atoms with E-state index in [1.807, 2.05) is 31.6 Å². The van der Waals surface area contributed by atoms with E-state index in [0.717, 1.165) is 49.8 Å². The van der Waals surface area contributed by atoms with Gasteiger partial charge in [-0.15, -0.1) is 0 Å². The lowest BCUT2D eigenvalue weighted by Crippen LogP contribution is -2.46. The molecule has 122 valence electrons. The van der Waals surface area contributed by atoms with Crippen LogP contribution in [0.4, 0.5) is 5.95 Å². The van der Waals surface area contributed by atoms with Crippen LogP contribution in [0.3, 0.4) is 0 Å². The summed E-state index contributed by atoms with van der Waals surface area (Å²) in [6.07, 6.45) is 5.62. The van der Waals surface area contributed by atoms with Crippen LogP contribution in [0.25, 0.3) is 10.9 Å². The van der Waals surface area contributed by atoms with Crippen molar-refractivity contribution in [1.82, 2.24) is 19.9 Å². The molecule has 0 amide bonds. The Morgan fingerprint density at radius 3 is 2.54 bits per heavy atom. The SMILES string of the molecule is Cc1cnc(N2CCN(Cc3ccc4ncccc4c3)CC2)nc1. The number of aromatic nitrogens is 3. The zero-order valence-electron chi connectivity index (χ0n) is 13.9. The van der Waals surface area contributed by atoms with E-state index in [-0.39, 0.29) is 0 Å². The second-order valence-corrected chi connectivity index (χ2v) is 6.35. The molecule has 2 aromatic heterocycles. The fourth-order valence-electron chi connectivity index (χ4n) is 3.14. The molecule has 1 aliphatic heterocycles. The van der Waals surface area contributed by atoms with Crippen LogP contribution < -0.4 is 4.90 Å². The van der Waals surface area contributed by atoms with E-state index in [1.165, 1.54) is 10.9 Å². The van der Waals surface area contributed by atoms with E-state index >= 15 is 0 Å². The van der Waals surface area contributed by atoms with Crippen LogP contribution >= 0.6 is 0 Å². The highest BCUT2D eigenvalue weighted by Gasteiger charge is 2.18. The summed E-state index contributed by atoms with van der Waals surface area (Å²) in [4.78, 5) is 18.0. The third-order valence-electron chi connectivity index (χ3n) is 4.50. The van der Waals surface area contributed by atoms with Gasteiger partial charge in [-0.1, -0.05) is 12.1 Å². The molecule has 3 heterocycles. The largest absolute Gasteiger partial charge is 0.338 e. The van der Waals surface area contributed by atoms with Crippen LogP contribution in [0, 0.1) is 6.92 Å². The molecule has 4 rings (SSSR count). The first-order valence-electron chi connectivity index (χ1n) is 8.37. The van der Waals surface area contributed by atoms with E-state index in [0.29, 0.717) is 0 Å². The maximum Gasteiger partial charge on any atom is 0.225 e. The number of pyridine rings is 1. The molecule has 5 nitrogen and oxygen atoms in total. The Labute approximate surface area is 142 Å². The predicted octanol–water partition coefficient (Wildman–Crippen LogP) is 2.66. The van der Waals surface area contributed by atoms with Crippen molar-refractivity contribution >= 4 is 16.9 Å². The molecule has 3 aromatic rings. The molecule has 0 atom stereocenters. The summed E-state index contributed by atoms with van der Waals surface area (Å²) in [6, 6.07) is 10.7. The third-order valence-corrected chi connectivity index (χ3v) is 4.50. The first-order chi connectivity index (χ1) is 11.8. The number of anilines is 1.